The van der Waals surface area contributed by atoms with Crippen LogP contribution in [0.3, 0.4) is 0 Å². The minimum Gasteiger partial charge on any atom is -0.543 e. The molecule has 2 aromatic heterocycles. The van der Waals surface area contributed by atoms with Crippen LogP contribution in [0.5, 0.6) is 5.75 Å². The summed E-state index contributed by atoms with van der Waals surface area (Å²) in [5.74, 6) is -1.07. The van der Waals surface area contributed by atoms with Crippen molar-refractivity contribution in [1.82, 2.24) is 4.98 Å². The van der Waals surface area contributed by atoms with Crippen molar-refractivity contribution in [2.45, 2.75) is 13.5 Å². The molecule has 1 aromatic carbocycles. The van der Waals surface area contributed by atoms with Crippen molar-refractivity contribution in [1.29, 1.82) is 0 Å². The number of nitrogens with zero attached hydrogens (tertiary/aromatic N) is 1. The first-order valence-electron chi connectivity index (χ1n) is 7.96. The lowest BCUT2D eigenvalue weighted by Crippen LogP contribution is -3.04. The number of aromatic nitrogens is 1. The molecule has 2 N–H and O–H groups in total. The number of rotatable bonds is 3. The second kappa shape index (κ2) is 8.26. The number of pyridine rings is 1. The van der Waals surface area contributed by atoms with Crippen LogP contribution in [0, 0.1) is 6.92 Å². The van der Waals surface area contributed by atoms with Gasteiger partial charge < -0.3 is 24.3 Å². The molecule has 0 saturated carbocycles. The highest BCUT2D eigenvalue weighted by Crippen LogP contribution is 2.27. The number of carbonyl (C=O) groups is 1. The number of phenols is 1. The lowest BCUT2D eigenvalue weighted by atomic mass is 10.1. The third-order valence-corrected chi connectivity index (χ3v) is 3.60. The number of benzene rings is 1. The van der Waals surface area contributed by atoms with Crippen molar-refractivity contribution in [3.63, 3.8) is 0 Å². The quantitative estimate of drug-likeness (QED) is 0.635. The molecule has 136 valence electrons. The Morgan fingerprint density at radius 1 is 1.27 bits per heavy atom. The summed E-state index contributed by atoms with van der Waals surface area (Å²) in [4.78, 5) is 26.1. The molecule has 0 aliphatic heterocycles. The van der Waals surface area contributed by atoms with Gasteiger partial charge in [0, 0.05) is 17.6 Å². The first-order valence-corrected chi connectivity index (χ1v) is 7.96. The zero-order chi connectivity index (χ0) is 19.3. The number of carboxylic acids is 1. The van der Waals surface area contributed by atoms with E-state index in [9.17, 15) is 19.8 Å². The van der Waals surface area contributed by atoms with E-state index in [0.717, 1.165) is 15.8 Å². The van der Waals surface area contributed by atoms with Gasteiger partial charge in [-0.3, -0.25) is 4.98 Å². The third kappa shape index (κ3) is 4.67. The molecule has 0 radical (unpaired) electrons. The van der Waals surface area contributed by atoms with Gasteiger partial charge in [0.05, 0.1) is 31.3 Å². The van der Waals surface area contributed by atoms with Crippen LogP contribution < -0.4 is 15.6 Å². The Hall–Kier alpha value is -3.19. The average molecular weight is 356 g/mol. The molecule has 0 aliphatic carbocycles. The molecule has 26 heavy (non-hydrogen) atoms. The molecule has 0 spiro atoms. The highest BCUT2D eigenvalue weighted by molar-refractivity contribution is 5.84. The smallest absolute Gasteiger partial charge is 0.336 e. The fraction of sp³-hybridized carbons (Fsp3) is 0.211. The maximum atomic E-state index is 11.4. The molecule has 0 fully saturated rings. The van der Waals surface area contributed by atoms with Crippen molar-refractivity contribution in [3.05, 3.63) is 69.8 Å². The summed E-state index contributed by atoms with van der Waals surface area (Å²) in [7, 11) is 3.96. The molecule has 7 heteroatoms. The Morgan fingerprint density at radius 3 is 2.54 bits per heavy atom. The normalized spacial score (nSPS) is 10.5. The minimum atomic E-state index is -1.24. The van der Waals surface area contributed by atoms with Crippen LogP contribution in [0.4, 0.5) is 0 Å². The molecule has 2 heterocycles. The summed E-state index contributed by atoms with van der Waals surface area (Å²) in [6.45, 7) is 2.47. The van der Waals surface area contributed by atoms with E-state index < -0.39 is 5.97 Å². The number of hydrogen-bond donors (Lipinski definition) is 2. The minimum absolute atomic E-state index is 0.0301. The summed E-state index contributed by atoms with van der Waals surface area (Å²) in [6, 6.07) is 9.51. The van der Waals surface area contributed by atoms with Crippen LogP contribution in [0.25, 0.3) is 11.0 Å². The van der Waals surface area contributed by atoms with Crippen LogP contribution in [0.15, 0.2) is 51.8 Å². The van der Waals surface area contributed by atoms with Gasteiger partial charge in [-0.2, -0.15) is 0 Å². The van der Waals surface area contributed by atoms with Gasteiger partial charge >= 0.3 is 5.63 Å². The largest absolute Gasteiger partial charge is 0.543 e. The second-order valence-corrected chi connectivity index (χ2v) is 6.07. The maximum Gasteiger partial charge on any atom is 0.336 e. The number of aromatic carboxylic acids is 1. The number of phenolic OH excluding ortho intramolecular Hbond substituents is 1. The number of nitrogens with one attached hydrogen (secondary N) is 1. The van der Waals surface area contributed by atoms with Crippen molar-refractivity contribution < 1.29 is 24.3 Å². The zero-order valence-corrected chi connectivity index (χ0v) is 14.8. The Balaban J connectivity index is 0.000000228. The van der Waals surface area contributed by atoms with Crippen LogP contribution >= 0.6 is 0 Å². The summed E-state index contributed by atoms with van der Waals surface area (Å²) >= 11 is 0. The van der Waals surface area contributed by atoms with E-state index in [1.54, 1.807) is 24.3 Å². The van der Waals surface area contributed by atoms with Gasteiger partial charge in [0.25, 0.3) is 0 Å². The third-order valence-electron chi connectivity index (χ3n) is 3.60. The molecule has 3 rings (SSSR count). The number of hydrogen-bond acceptors (Lipinski definition) is 6. The van der Waals surface area contributed by atoms with Crippen molar-refractivity contribution in [3.8, 4) is 5.75 Å². The number of fused-ring (bicyclic) bond motifs is 1. The first kappa shape index (κ1) is 19.1. The molecular formula is C19H20N2O5. The maximum absolute atomic E-state index is 11.4. The molecule has 0 bridgehead atoms. The van der Waals surface area contributed by atoms with Gasteiger partial charge in [-0.15, -0.1) is 0 Å². The van der Waals surface area contributed by atoms with E-state index in [1.807, 2.05) is 21.0 Å². The number of carbonyl (C=O) groups excluding carboxylic acids is 1. The predicted octanol–water partition coefficient (Wildman–Crippen LogP) is -0.103. The fourth-order valence-corrected chi connectivity index (χ4v) is 2.44. The highest BCUT2D eigenvalue weighted by atomic mass is 16.4. The summed E-state index contributed by atoms with van der Waals surface area (Å²) in [5.41, 5.74) is 1.64. The van der Waals surface area contributed by atoms with Gasteiger partial charge in [-0.05, 0) is 36.8 Å². The van der Waals surface area contributed by atoms with E-state index in [0.29, 0.717) is 17.7 Å². The summed E-state index contributed by atoms with van der Waals surface area (Å²) in [5, 5.41) is 20.8. The first-order chi connectivity index (χ1) is 12.3. The van der Waals surface area contributed by atoms with E-state index in [-0.39, 0.29) is 17.1 Å². The van der Waals surface area contributed by atoms with Gasteiger partial charge in [0.2, 0.25) is 0 Å². The van der Waals surface area contributed by atoms with Crippen LogP contribution in [0.1, 0.15) is 21.6 Å². The predicted molar refractivity (Wildman–Crippen MR) is 94.0 cm³/mol. The number of quaternary nitrogens is 1. The van der Waals surface area contributed by atoms with Crippen molar-refractivity contribution in [2.24, 2.45) is 0 Å². The van der Waals surface area contributed by atoms with Crippen molar-refractivity contribution >= 4 is 16.9 Å². The molecule has 0 unspecified atom stereocenters. The molecule has 3 aromatic rings. The van der Waals surface area contributed by atoms with E-state index >= 15 is 0 Å². The van der Waals surface area contributed by atoms with Crippen LogP contribution in [-0.4, -0.2) is 30.2 Å². The molecule has 0 atom stereocenters. The van der Waals surface area contributed by atoms with Gasteiger partial charge in [-0.25, -0.2) is 4.79 Å². The fourth-order valence-electron chi connectivity index (χ4n) is 2.44. The summed E-state index contributed by atoms with van der Waals surface area (Å²) in [6.07, 6.45) is 1.41. The number of carboxylic acid groups (broad SMARTS) is 1. The highest BCUT2D eigenvalue weighted by Gasteiger charge is 2.14. The summed E-state index contributed by atoms with van der Waals surface area (Å²) < 4.78 is 5.23. The van der Waals surface area contributed by atoms with E-state index in [4.69, 9.17) is 4.42 Å². The lowest BCUT2D eigenvalue weighted by molar-refractivity contribution is -0.872. The average Bonchev–Trinajstić information content (AvgIpc) is 2.58. The van der Waals surface area contributed by atoms with Crippen molar-refractivity contribution in [2.75, 3.05) is 14.1 Å². The standard InChI is InChI=1S/C13H15NO3.C6H5NO2/c1-8-6-12(16)17-13-9(8)4-5-11(15)10(13)7-14(2)3;8-6(9)5-3-1-2-4-7-5/h4-6,15H,7H2,1-3H3;1-4H,(H,8,9). The lowest BCUT2D eigenvalue weighted by Gasteiger charge is -2.11. The SMILES string of the molecule is Cc1cc(=O)oc2c(C[NH+](C)C)c(O)ccc12.O=C([O-])c1ccccn1. The molecule has 0 aliphatic rings. The molecule has 7 nitrogen and oxygen atoms in total. The molecular weight excluding hydrogens is 336 g/mol. The number of aromatic hydroxyl groups is 1. The Kier molecular flexibility index (Phi) is 6.08. The van der Waals surface area contributed by atoms with Gasteiger partial charge in [0.1, 0.15) is 12.3 Å². The zero-order valence-electron chi connectivity index (χ0n) is 14.8. The molecule has 0 amide bonds. The monoisotopic (exact) mass is 356 g/mol. The topological polar surface area (TPSA) is 108 Å². The second-order valence-electron chi connectivity index (χ2n) is 6.07. The van der Waals surface area contributed by atoms with E-state index in [1.165, 1.54) is 18.3 Å². The molecule has 0 saturated heterocycles. The van der Waals surface area contributed by atoms with E-state index in [2.05, 4.69) is 4.98 Å². The van der Waals surface area contributed by atoms with Crippen LogP contribution in [-0.2, 0) is 6.54 Å². The number of aryl methyl sites for hydroxylation is 1. The van der Waals surface area contributed by atoms with Crippen LogP contribution in [0.2, 0.25) is 0 Å². The Bertz CT molecular complexity index is 965. The Labute approximate surface area is 150 Å². The van der Waals surface area contributed by atoms with Gasteiger partial charge in [-0.1, -0.05) is 6.07 Å². The Morgan fingerprint density at radius 2 is 2.00 bits per heavy atom. The van der Waals surface area contributed by atoms with Gasteiger partial charge in [0.15, 0.2) is 5.58 Å².